The molecule has 1 heterocycles. The number of methoxy groups -OCH3 is 1. The highest BCUT2D eigenvalue weighted by Gasteiger charge is 2.45. The van der Waals surface area contributed by atoms with Crippen molar-refractivity contribution in [3.05, 3.63) is 65.2 Å². The third-order valence-corrected chi connectivity index (χ3v) is 6.45. The molecule has 2 aliphatic rings. The van der Waals surface area contributed by atoms with Gasteiger partial charge in [-0.15, -0.1) is 0 Å². The summed E-state index contributed by atoms with van der Waals surface area (Å²) in [5.74, 6) is 0.710. The fourth-order valence-electron chi connectivity index (χ4n) is 4.71. The molecule has 33 heavy (non-hydrogen) atoms. The van der Waals surface area contributed by atoms with Crippen molar-refractivity contribution < 1.29 is 34.6 Å². The van der Waals surface area contributed by atoms with Crippen LogP contribution in [-0.4, -0.2) is 64.8 Å². The normalized spacial score (nSPS) is 27.9. The first kappa shape index (κ1) is 23.7. The number of aliphatic hydroxyl groups is 3. The van der Waals surface area contributed by atoms with Gasteiger partial charge in [0.1, 0.15) is 35.9 Å². The molecule has 2 fully saturated rings. The molecular weight excluding hydrogens is 424 g/mol. The molecule has 4 N–H and O–H groups in total. The maximum absolute atomic E-state index is 10.4. The monoisotopic (exact) mass is 456 g/mol. The molecule has 1 aliphatic carbocycles. The van der Waals surface area contributed by atoms with E-state index in [9.17, 15) is 20.4 Å². The van der Waals surface area contributed by atoms with E-state index in [1.54, 1.807) is 24.3 Å². The van der Waals surface area contributed by atoms with Crippen LogP contribution in [0.15, 0.2) is 54.1 Å². The van der Waals surface area contributed by atoms with Gasteiger partial charge in [0.2, 0.25) is 6.29 Å². The standard InChI is InChI=1S/C26H32O7/c1-31-25-21(15-27)33-26(24(30)23(25)29)32-20-13-9-18(10-14-20)22(16-5-3-2-4-6-16)17-7-11-19(28)12-8-17/h7-14,21,23-30H,2-6,15H2,1H3/t21-,23+,24-,25+,26+/m1/s1. The summed E-state index contributed by atoms with van der Waals surface area (Å²) >= 11 is 0. The zero-order valence-corrected chi connectivity index (χ0v) is 18.8. The second kappa shape index (κ2) is 10.7. The summed E-state index contributed by atoms with van der Waals surface area (Å²) in [4.78, 5) is 0. The van der Waals surface area contributed by atoms with E-state index < -0.39 is 30.7 Å². The Bertz CT molecular complexity index is 928. The van der Waals surface area contributed by atoms with Crippen LogP contribution in [0.3, 0.4) is 0 Å². The van der Waals surface area contributed by atoms with E-state index in [1.807, 2.05) is 24.3 Å². The first-order valence-electron chi connectivity index (χ1n) is 11.5. The Hall–Kier alpha value is -2.42. The summed E-state index contributed by atoms with van der Waals surface area (Å²) < 4.78 is 16.6. The lowest BCUT2D eigenvalue weighted by atomic mass is 9.85. The number of aliphatic hydroxyl groups excluding tert-OH is 3. The molecule has 0 amide bonds. The lowest BCUT2D eigenvalue weighted by molar-refractivity contribution is -0.281. The highest BCUT2D eigenvalue weighted by atomic mass is 16.7. The second-order valence-electron chi connectivity index (χ2n) is 8.64. The van der Waals surface area contributed by atoms with Crippen LogP contribution < -0.4 is 4.74 Å². The third kappa shape index (κ3) is 5.23. The number of hydrogen-bond acceptors (Lipinski definition) is 7. The summed E-state index contributed by atoms with van der Waals surface area (Å²) in [6.07, 6.45) is 0.330. The van der Waals surface area contributed by atoms with Gasteiger partial charge in [0.25, 0.3) is 0 Å². The van der Waals surface area contributed by atoms with Crippen molar-refractivity contribution in [1.29, 1.82) is 0 Å². The van der Waals surface area contributed by atoms with Gasteiger partial charge in [0.05, 0.1) is 6.61 Å². The van der Waals surface area contributed by atoms with Crippen LogP contribution in [0.5, 0.6) is 11.5 Å². The van der Waals surface area contributed by atoms with Crippen molar-refractivity contribution in [2.45, 2.75) is 62.8 Å². The minimum atomic E-state index is -1.32. The number of rotatable bonds is 6. The number of phenols is 1. The van der Waals surface area contributed by atoms with Crippen LogP contribution in [0.25, 0.3) is 5.57 Å². The predicted molar refractivity (Wildman–Crippen MR) is 123 cm³/mol. The number of allylic oxidation sites excluding steroid dienone is 1. The van der Waals surface area contributed by atoms with E-state index in [2.05, 4.69) is 0 Å². The number of phenolic OH excluding ortho intramolecular Hbond substituents is 1. The topological polar surface area (TPSA) is 109 Å². The Balaban J connectivity index is 1.56. The molecule has 178 valence electrons. The van der Waals surface area contributed by atoms with Crippen LogP contribution >= 0.6 is 0 Å². The maximum Gasteiger partial charge on any atom is 0.229 e. The molecule has 5 atom stereocenters. The van der Waals surface area contributed by atoms with Crippen LogP contribution in [0, 0.1) is 0 Å². The Morgan fingerprint density at radius 1 is 0.909 bits per heavy atom. The zero-order valence-electron chi connectivity index (χ0n) is 18.8. The average Bonchev–Trinajstić information content (AvgIpc) is 2.85. The van der Waals surface area contributed by atoms with E-state index in [0.29, 0.717) is 5.75 Å². The molecule has 7 nitrogen and oxygen atoms in total. The summed E-state index contributed by atoms with van der Waals surface area (Å²) in [7, 11) is 1.39. The largest absolute Gasteiger partial charge is 0.508 e. The van der Waals surface area contributed by atoms with Gasteiger partial charge in [-0.2, -0.15) is 0 Å². The maximum atomic E-state index is 10.4. The SMILES string of the molecule is CO[C@@H]1[C@@H](O)[C@@H](O)[C@@H](Oc2ccc(C(=C3CCCCC3)c3ccc(O)cc3)cc2)O[C@@H]1CO. The van der Waals surface area contributed by atoms with Gasteiger partial charge >= 0.3 is 0 Å². The fourth-order valence-corrected chi connectivity index (χ4v) is 4.71. The summed E-state index contributed by atoms with van der Waals surface area (Å²) in [5.41, 5.74) is 4.69. The Morgan fingerprint density at radius 3 is 2.09 bits per heavy atom. The predicted octanol–water partition coefficient (Wildman–Crippen LogP) is 2.99. The Kier molecular flexibility index (Phi) is 7.67. The summed E-state index contributed by atoms with van der Waals surface area (Å²) in [6.45, 7) is -0.370. The molecule has 0 radical (unpaired) electrons. The van der Waals surface area contributed by atoms with E-state index in [0.717, 1.165) is 24.0 Å². The molecule has 0 unspecified atom stereocenters. The van der Waals surface area contributed by atoms with E-state index >= 15 is 0 Å². The highest BCUT2D eigenvalue weighted by molar-refractivity contribution is 5.82. The van der Waals surface area contributed by atoms with Gasteiger partial charge in [-0.25, -0.2) is 0 Å². The van der Waals surface area contributed by atoms with Crippen LogP contribution in [0.2, 0.25) is 0 Å². The summed E-state index contributed by atoms with van der Waals surface area (Å²) in [6, 6.07) is 14.8. The molecule has 1 saturated heterocycles. The second-order valence-corrected chi connectivity index (χ2v) is 8.64. The van der Waals surface area contributed by atoms with Gasteiger partial charge in [-0.3, -0.25) is 0 Å². The quantitative estimate of drug-likeness (QED) is 0.529. The third-order valence-electron chi connectivity index (χ3n) is 6.45. The molecule has 4 rings (SSSR count). The molecule has 0 spiro atoms. The molecule has 1 saturated carbocycles. The molecule has 1 aliphatic heterocycles. The van der Waals surface area contributed by atoms with Crippen molar-refractivity contribution in [2.24, 2.45) is 0 Å². The molecule has 0 bridgehead atoms. The van der Waals surface area contributed by atoms with Crippen molar-refractivity contribution >= 4 is 5.57 Å². The minimum Gasteiger partial charge on any atom is -0.508 e. The highest BCUT2D eigenvalue weighted by Crippen LogP contribution is 2.36. The number of ether oxygens (including phenoxy) is 3. The first-order chi connectivity index (χ1) is 16.0. The van der Waals surface area contributed by atoms with Crippen molar-refractivity contribution in [2.75, 3.05) is 13.7 Å². The fraction of sp³-hybridized carbons (Fsp3) is 0.462. The number of aromatic hydroxyl groups is 1. The lowest BCUT2D eigenvalue weighted by Crippen LogP contribution is -2.60. The molecule has 2 aromatic rings. The van der Waals surface area contributed by atoms with Crippen LogP contribution in [0.4, 0.5) is 0 Å². The van der Waals surface area contributed by atoms with Gasteiger partial charge in [-0.05, 0) is 66.6 Å². The van der Waals surface area contributed by atoms with Crippen LogP contribution in [-0.2, 0) is 9.47 Å². The van der Waals surface area contributed by atoms with Gasteiger partial charge in [-0.1, -0.05) is 36.3 Å². The average molecular weight is 457 g/mol. The van der Waals surface area contributed by atoms with Gasteiger partial charge < -0.3 is 34.6 Å². The summed E-state index contributed by atoms with van der Waals surface area (Å²) in [5, 5.41) is 40.0. The van der Waals surface area contributed by atoms with E-state index in [1.165, 1.54) is 37.5 Å². The Morgan fingerprint density at radius 2 is 1.52 bits per heavy atom. The van der Waals surface area contributed by atoms with Gasteiger partial charge in [0, 0.05) is 7.11 Å². The van der Waals surface area contributed by atoms with Gasteiger partial charge in [0.15, 0.2) is 0 Å². The number of benzene rings is 2. The minimum absolute atomic E-state index is 0.237. The van der Waals surface area contributed by atoms with E-state index in [4.69, 9.17) is 14.2 Å². The van der Waals surface area contributed by atoms with Crippen molar-refractivity contribution in [3.8, 4) is 11.5 Å². The molecule has 2 aromatic carbocycles. The molecule has 7 heteroatoms. The smallest absolute Gasteiger partial charge is 0.229 e. The van der Waals surface area contributed by atoms with Crippen LogP contribution in [0.1, 0.15) is 43.2 Å². The zero-order chi connectivity index (χ0) is 23.4. The molecular formula is C26H32O7. The van der Waals surface area contributed by atoms with Crippen molar-refractivity contribution in [3.63, 3.8) is 0 Å². The first-order valence-corrected chi connectivity index (χ1v) is 11.5. The van der Waals surface area contributed by atoms with Crippen molar-refractivity contribution in [1.82, 2.24) is 0 Å². The number of hydrogen-bond donors (Lipinski definition) is 4. The van der Waals surface area contributed by atoms with E-state index in [-0.39, 0.29) is 12.4 Å². The Labute approximate surface area is 193 Å². The molecule has 0 aromatic heterocycles. The lowest BCUT2D eigenvalue weighted by Gasteiger charge is -2.41.